The van der Waals surface area contributed by atoms with E-state index >= 15 is 0 Å². The Bertz CT molecular complexity index is 1060. The minimum absolute atomic E-state index is 0.0391. The highest BCUT2D eigenvalue weighted by Gasteiger charge is 2.26. The molecule has 2 aromatic rings. The zero-order valence-corrected chi connectivity index (χ0v) is 18.7. The summed E-state index contributed by atoms with van der Waals surface area (Å²) >= 11 is 0. The highest BCUT2D eigenvalue weighted by molar-refractivity contribution is 5.83. The first kappa shape index (κ1) is 23.6. The van der Waals surface area contributed by atoms with Crippen LogP contribution >= 0.6 is 0 Å². The Labute approximate surface area is 186 Å². The van der Waals surface area contributed by atoms with Crippen LogP contribution in [-0.2, 0) is 21.4 Å². The van der Waals surface area contributed by atoms with Crippen molar-refractivity contribution in [2.24, 2.45) is 18.7 Å². The predicted molar refractivity (Wildman–Crippen MR) is 122 cm³/mol. The molecule has 1 unspecified atom stereocenters. The SMILES string of the molecule is CC(=O)CCCC1CCN(c2ccc3c(c2)n(C)c(=O)n3C(CCC(N)=O)C(=O)O)CC1. The summed E-state index contributed by atoms with van der Waals surface area (Å²) in [4.78, 5) is 49.3. The van der Waals surface area contributed by atoms with Crippen molar-refractivity contribution in [1.82, 2.24) is 9.13 Å². The molecule has 0 aliphatic carbocycles. The standard InChI is InChI=1S/C23H32N4O5/c1-15(28)4-3-5-16-10-12-26(13-11-16)17-6-7-18-20(14-17)25(2)23(32)27(18)19(22(30)31)8-9-21(24)29/h6-7,14,16,19H,3-5,8-13H2,1-2H3,(H2,24,29)(H,30,31). The number of carbonyl (C=O) groups is 3. The van der Waals surface area contributed by atoms with Gasteiger partial charge in [0.25, 0.3) is 0 Å². The molecule has 2 heterocycles. The fourth-order valence-electron chi connectivity index (χ4n) is 4.61. The lowest BCUT2D eigenvalue weighted by Crippen LogP contribution is -2.33. The maximum atomic E-state index is 12.9. The van der Waals surface area contributed by atoms with Crippen molar-refractivity contribution in [3.05, 3.63) is 28.7 Å². The molecule has 0 saturated carbocycles. The third-order valence-corrected chi connectivity index (χ3v) is 6.45. The summed E-state index contributed by atoms with van der Waals surface area (Å²) < 4.78 is 2.69. The summed E-state index contributed by atoms with van der Waals surface area (Å²) in [6.07, 6.45) is 4.64. The number of rotatable bonds is 10. The van der Waals surface area contributed by atoms with Gasteiger partial charge in [-0.05, 0) is 63.1 Å². The Morgan fingerprint density at radius 2 is 1.84 bits per heavy atom. The number of nitrogens with two attached hydrogens (primary N) is 1. The summed E-state index contributed by atoms with van der Waals surface area (Å²) in [6.45, 7) is 3.44. The van der Waals surface area contributed by atoms with Crippen molar-refractivity contribution in [3.8, 4) is 0 Å². The van der Waals surface area contributed by atoms with E-state index in [1.54, 1.807) is 20.0 Å². The summed E-state index contributed by atoms with van der Waals surface area (Å²) in [5, 5.41) is 9.66. The number of aryl methyl sites for hydroxylation is 1. The van der Waals surface area contributed by atoms with Crippen LogP contribution in [-0.4, -0.2) is 45.0 Å². The first-order chi connectivity index (χ1) is 15.2. The average Bonchev–Trinajstić information content (AvgIpc) is 2.98. The number of carboxylic acid groups (broad SMARTS) is 1. The molecule has 1 aliphatic heterocycles. The largest absolute Gasteiger partial charge is 0.480 e. The number of nitrogens with zero attached hydrogens (tertiary/aromatic N) is 3. The van der Waals surface area contributed by atoms with Gasteiger partial charge in [-0.25, -0.2) is 9.59 Å². The molecular weight excluding hydrogens is 412 g/mol. The molecule has 9 heteroatoms. The molecule has 0 radical (unpaired) electrons. The number of carbonyl (C=O) groups excluding carboxylic acids is 2. The van der Waals surface area contributed by atoms with E-state index in [1.807, 2.05) is 12.1 Å². The minimum Gasteiger partial charge on any atom is -0.480 e. The highest BCUT2D eigenvalue weighted by atomic mass is 16.4. The second-order valence-electron chi connectivity index (χ2n) is 8.77. The van der Waals surface area contributed by atoms with Crippen molar-refractivity contribution < 1.29 is 19.5 Å². The summed E-state index contributed by atoms with van der Waals surface area (Å²) in [6, 6.07) is 4.47. The molecule has 3 rings (SSSR count). The first-order valence-electron chi connectivity index (χ1n) is 11.2. The monoisotopic (exact) mass is 444 g/mol. The molecular formula is C23H32N4O5. The van der Waals surface area contributed by atoms with E-state index in [2.05, 4.69) is 4.90 Å². The van der Waals surface area contributed by atoms with Gasteiger partial charge in [0.1, 0.15) is 11.8 Å². The Morgan fingerprint density at radius 1 is 1.16 bits per heavy atom. The zero-order chi connectivity index (χ0) is 23.4. The maximum absolute atomic E-state index is 12.9. The van der Waals surface area contributed by atoms with Gasteiger partial charge in [-0.15, -0.1) is 0 Å². The van der Waals surface area contributed by atoms with Crippen LogP contribution in [0, 0.1) is 5.92 Å². The van der Waals surface area contributed by atoms with E-state index in [-0.39, 0.29) is 18.6 Å². The van der Waals surface area contributed by atoms with E-state index < -0.39 is 23.6 Å². The molecule has 174 valence electrons. The van der Waals surface area contributed by atoms with Crippen molar-refractivity contribution in [3.63, 3.8) is 0 Å². The topological polar surface area (TPSA) is 128 Å². The van der Waals surface area contributed by atoms with Gasteiger partial charge in [0.05, 0.1) is 11.0 Å². The highest BCUT2D eigenvalue weighted by Crippen LogP contribution is 2.29. The van der Waals surface area contributed by atoms with Crippen LogP contribution in [0.25, 0.3) is 11.0 Å². The first-order valence-corrected chi connectivity index (χ1v) is 11.2. The van der Waals surface area contributed by atoms with Gasteiger partial charge in [0, 0.05) is 38.7 Å². The third-order valence-electron chi connectivity index (χ3n) is 6.45. The third kappa shape index (κ3) is 5.20. The van der Waals surface area contributed by atoms with Gasteiger partial charge in [-0.1, -0.05) is 0 Å². The van der Waals surface area contributed by atoms with Gasteiger partial charge >= 0.3 is 11.7 Å². The molecule has 1 aromatic carbocycles. The van der Waals surface area contributed by atoms with Gasteiger partial charge in [-0.3, -0.25) is 13.9 Å². The Morgan fingerprint density at radius 3 is 2.44 bits per heavy atom. The Kier molecular flexibility index (Phi) is 7.37. The number of imidazole rings is 1. The number of aromatic nitrogens is 2. The normalized spacial score (nSPS) is 15.8. The second-order valence-corrected chi connectivity index (χ2v) is 8.77. The number of fused-ring (bicyclic) bond motifs is 1. The van der Waals surface area contributed by atoms with E-state index in [0.717, 1.165) is 44.5 Å². The van der Waals surface area contributed by atoms with E-state index in [1.165, 1.54) is 9.13 Å². The fraction of sp³-hybridized carbons (Fsp3) is 0.565. The van der Waals surface area contributed by atoms with Crippen LogP contribution in [0.2, 0.25) is 0 Å². The van der Waals surface area contributed by atoms with Crippen LogP contribution in [0.1, 0.15) is 57.9 Å². The lowest BCUT2D eigenvalue weighted by Gasteiger charge is -2.33. The molecule has 1 aliphatic rings. The molecule has 1 amide bonds. The van der Waals surface area contributed by atoms with Gasteiger partial charge in [-0.2, -0.15) is 0 Å². The summed E-state index contributed by atoms with van der Waals surface area (Å²) in [5.41, 5.74) is 6.93. The number of Topliss-reactive ketones (excluding diaryl/α,β-unsaturated/α-hetero) is 1. The maximum Gasteiger partial charge on any atom is 0.329 e. The van der Waals surface area contributed by atoms with Gasteiger partial charge < -0.3 is 20.5 Å². The van der Waals surface area contributed by atoms with Gasteiger partial charge in [0.15, 0.2) is 0 Å². The van der Waals surface area contributed by atoms with Crippen molar-refractivity contribution in [2.45, 2.75) is 57.9 Å². The van der Waals surface area contributed by atoms with Crippen LogP contribution < -0.4 is 16.3 Å². The minimum atomic E-state index is -1.17. The molecule has 0 bridgehead atoms. The molecule has 0 spiro atoms. The van der Waals surface area contributed by atoms with Crippen molar-refractivity contribution >= 4 is 34.4 Å². The van der Waals surface area contributed by atoms with Crippen molar-refractivity contribution in [1.29, 1.82) is 0 Å². The Balaban J connectivity index is 1.79. The Hall–Kier alpha value is -3.10. The number of hydrogen-bond donors (Lipinski definition) is 2. The van der Waals surface area contributed by atoms with Gasteiger partial charge in [0.2, 0.25) is 5.91 Å². The molecule has 1 aromatic heterocycles. The number of piperidine rings is 1. The lowest BCUT2D eigenvalue weighted by atomic mass is 9.91. The molecule has 32 heavy (non-hydrogen) atoms. The summed E-state index contributed by atoms with van der Waals surface area (Å²) in [5.74, 6) is -0.900. The summed E-state index contributed by atoms with van der Waals surface area (Å²) in [7, 11) is 1.62. The van der Waals surface area contributed by atoms with Crippen LogP contribution in [0.5, 0.6) is 0 Å². The van der Waals surface area contributed by atoms with E-state index in [4.69, 9.17) is 5.73 Å². The predicted octanol–water partition coefficient (Wildman–Crippen LogP) is 2.21. The number of aliphatic carboxylic acids is 1. The van der Waals surface area contributed by atoms with Crippen LogP contribution in [0.4, 0.5) is 5.69 Å². The smallest absolute Gasteiger partial charge is 0.329 e. The number of carboxylic acids is 1. The average molecular weight is 445 g/mol. The quantitative estimate of drug-likeness (QED) is 0.578. The van der Waals surface area contributed by atoms with E-state index in [9.17, 15) is 24.3 Å². The van der Waals surface area contributed by atoms with Crippen molar-refractivity contribution in [2.75, 3.05) is 18.0 Å². The number of primary amides is 1. The number of benzene rings is 1. The lowest BCUT2D eigenvalue weighted by molar-refractivity contribution is -0.141. The fourth-order valence-corrected chi connectivity index (χ4v) is 4.61. The second kappa shape index (κ2) is 10.0. The molecule has 1 fully saturated rings. The zero-order valence-electron chi connectivity index (χ0n) is 18.7. The number of amides is 1. The molecule has 1 atom stereocenters. The van der Waals surface area contributed by atoms with E-state index in [0.29, 0.717) is 23.4 Å². The number of anilines is 1. The van der Waals surface area contributed by atoms with Crippen LogP contribution in [0.15, 0.2) is 23.0 Å². The number of hydrogen-bond acceptors (Lipinski definition) is 5. The molecule has 3 N–H and O–H groups in total. The number of ketones is 1. The van der Waals surface area contributed by atoms with Crippen LogP contribution in [0.3, 0.4) is 0 Å². The molecule has 1 saturated heterocycles. The molecule has 9 nitrogen and oxygen atoms in total.